The number of nitrogens with one attached hydrogen (secondary N) is 3. The molecule has 0 bridgehead atoms. The summed E-state index contributed by atoms with van der Waals surface area (Å²) in [4.78, 5) is 19.0. The SMILES string of the molecule is C#Cc1cccc(NC(=O)CNC(=NC)NCC(c2ccccc2)N2CCCC2)c1. The lowest BCUT2D eigenvalue weighted by molar-refractivity contribution is -0.115. The minimum atomic E-state index is -0.161. The van der Waals surface area contributed by atoms with Crippen molar-refractivity contribution in [1.29, 1.82) is 0 Å². The molecule has 0 saturated carbocycles. The van der Waals surface area contributed by atoms with Crippen LogP contribution in [0, 0.1) is 12.3 Å². The third-order valence-electron chi connectivity index (χ3n) is 5.18. The summed E-state index contributed by atoms with van der Waals surface area (Å²) in [5.41, 5.74) is 2.69. The second-order valence-electron chi connectivity index (χ2n) is 7.25. The van der Waals surface area contributed by atoms with Crippen LogP contribution in [0.4, 0.5) is 5.69 Å². The van der Waals surface area contributed by atoms with E-state index in [1.165, 1.54) is 18.4 Å². The summed E-state index contributed by atoms with van der Waals surface area (Å²) in [5, 5.41) is 9.30. The Hall–Kier alpha value is -3.30. The van der Waals surface area contributed by atoms with Gasteiger partial charge >= 0.3 is 0 Å². The molecule has 156 valence electrons. The number of anilines is 1. The van der Waals surface area contributed by atoms with Gasteiger partial charge in [-0.2, -0.15) is 0 Å². The minimum absolute atomic E-state index is 0.111. The molecule has 6 nitrogen and oxygen atoms in total. The van der Waals surface area contributed by atoms with Crippen molar-refractivity contribution in [3.63, 3.8) is 0 Å². The number of aliphatic imine (C=N–C) groups is 1. The molecule has 6 heteroatoms. The van der Waals surface area contributed by atoms with E-state index in [1.54, 1.807) is 13.1 Å². The standard InChI is InChI=1S/C24H29N5O/c1-3-19-10-9-13-21(16-19)28-23(30)18-27-24(25-2)26-17-22(29-14-7-8-15-29)20-11-5-4-6-12-20/h1,4-6,9-13,16,22H,7-8,14-15,17-18H2,2H3,(H,28,30)(H2,25,26,27). The fourth-order valence-electron chi connectivity index (χ4n) is 3.66. The van der Waals surface area contributed by atoms with Crippen LogP contribution < -0.4 is 16.0 Å². The Morgan fingerprint density at radius 3 is 2.60 bits per heavy atom. The number of terminal acetylenes is 1. The van der Waals surface area contributed by atoms with E-state index >= 15 is 0 Å². The predicted molar refractivity (Wildman–Crippen MR) is 122 cm³/mol. The fraction of sp³-hybridized carbons (Fsp3) is 0.333. The van der Waals surface area contributed by atoms with E-state index in [-0.39, 0.29) is 18.5 Å². The van der Waals surface area contributed by atoms with E-state index in [1.807, 2.05) is 24.3 Å². The molecular formula is C24H29N5O. The molecule has 2 aromatic rings. The predicted octanol–water partition coefficient (Wildman–Crippen LogP) is 2.61. The molecule has 3 N–H and O–H groups in total. The van der Waals surface area contributed by atoms with Crippen LogP contribution in [0.2, 0.25) is 0 Å². The normalized spacial score (nSPS) is 15.3. The first kappa shape index (κ1) is 21.4. The number of hydrogen-bond donors (Lipinski definition) is 3. The van der Waals surface area contributed by atoms with Gasteiger partial charge in [0.05, 0.1) is 12.6 Å². The van der Waals surface area contributed by atoms with Crippen LogP contribution in [0.3, 0.4) is 0 Å². The zero-order valence-electron chi connectivity index (χ0n) is 17.4. The highest BCUT2D eigenvalue weighted by Gasteiger charge is 2.23. The lowest BCUT2D eigenvalue weighted by Gasteiger charge is -2.28. The Morgan fingerprint density at radius 1 is 1.13 bits per heavy atom. The van der Waals surface area contributed by atoms with Crippen LogP contribution in [0.1, 0.15) is 30.0 Å². The van der Waals surface area contributed by atoms with Crippen molar-refractivity contribution in [2.24, 2.45) is 4.99 Å². The molecule has 2 aromatic carbocycles. The van der Waals surface area contributed by atoms with Gasteiger partial charge < -0.3 is 16.0 Å². The number of carbonyl (C=O) groups excluding carboxylic acids is 1. The second kappa shape index (κ2) is 11.0. The third-order valence-corrected chi connectivity index (χ3v) is 5.18. The van der Waals surface area contributed by atoms with E-state index in [9.17, 15) is 4.79 Å². The highest BCUT2D eigenvalue weighted by Crippen LogP contribution is 2.24. The molecule has 1 unspecified atom stereocenters. The van der Waals surface area contributed by atoms with Crippen LogP contribution in [0.25, 0.3) is 0 Å². The average molecular weight is 404 g/mol. The number of hydrogen-bond acceptors (Lipinski definition) is 3. The summed E-state index contributed by atoms with van der Waals surface area (Å²) >= 11 is 0. The highest BCUT2D eigenvalue weighted by atomic mass is 16.1. The molecule has 0 aliphatic carbocycles. The maximum absolute atomic E-state index is 12.3. The van der Waals surface area contributed by atoms with Crippen LogP contribution in [-0.4, -0.2) is 50.0 Å². The molecule has 0 aromatic heterocycles. The molecule has 1 amide bonds. The van der Waals surface area contributed by atoms with Crippen LogP contribution in [0.5, 0.6) is 0 Å². The van der Waals surface area contributed by atoms with Gasteiger partial charge in [-0.15, -0.1) is 6.42 Å². The molecule has 0 spiro atoms. The Bertz CT molecular complexity index is 897. The Labute approximate surface area is 178 Å². The summed E-state index contributed by atoms with van der Waals surface area (Å²) in [6.45, 7) is 3.04. The Morgan fingerprint density at radius 2 is 1.90 bits per heavy atom. The van der Waals surface area contributed by atoms with Gasteiger partial charge in [-0.25, -0.2) is 0 Å². The minimum Gasteiger partial charge on any atom is -0.354 e. The van der Waals surface area contributed by atoms with Crippen molar-refractivity contribution in [2.45, 2.75) is 18.9 Å². The van der Waals surface area contributed by atoms with Gasteiger partial charge in [0.25, 0.3) is 0 Å². The molecule has 0 radical (unpaired) electrons. The van der Waals surface area contributed by atoms with Crippen molar-refractivity contribution in [3.05, 3.63) is 65.7 Å². The zero-order valence-corrected chi connectivity index (χ0v) is 17.4. The first-order valence-electron chi connectivity index (χ1n) is 10.3. The summed E-state index contributed by atoms with van der Waals surface area (Å²) in [7, 11) is 1.71. The molecule has 1 aliphatic rings. The van der Waals surface area contributed by atoms with Crippen molar-refractivity contribution in [1.82, 2.24) is 15.5 Å². The molecule has 1 atom stereocenters. The van der Waals surface area contributed by atoms with E-state index in [0.717, 1.165) is 25.2 Å². The van der Waals surface area contributed by atoms with Crippen LogP contribution in [0.15, 0.2) is 59.6 Å². The molecule has 3 rings (SSSR count). The summed E-state index contributed by atoms with van der Waals surface area (Å²) < 4.78 is 0. The van der Waals surface area contributed by atoms with Gasteiger partial charge in [0, 0.05) is 24.8 Å². The maximum atomic E-state index is 12.3. The second-order valence-corrected chi connectivity index (χ2v) is 7.25. The number of likely N-dealkylation sites (tertiary alicyclic amines) is 1. The van der Waals surface area contributed by atoms with Crippen molar-refractivity contribution in [2.75, 3.05) is 38.5 Å². The van der Waals surface area contributed by atoms with E-state index in [0.29, 0.717) is 11.6 Å². The molecule has 1 aliphatic heterocycles. The van der Waals surface area contributed by atoms with Gasteiger partial charge in [0.2, 0.25) is 5.91 Å². The number of guanidine groups is 1. The molecule has 1 heterocycles. The quantitative estimate of drug-likeness (QED) is 0.378. The van der Waals surface area contributed by atoms with Gasteiger partial charge in [-0.3, -0.25) is 14.7 Å². The van der Waals surface area contributed by atoms with Gasteiger partial charge in [0.1, 0.15) is 0 Å². The smallest absolute Gasteiger partial charge is 0.243 e. The third kappa shape index (κ3) is 6.10. The molecule has 1 saturated heterocycles. The number of rotatable bonds is 7. The summed E-state index contributed by atoms with van der Waals surface area (Å²) in [6, 6.07) is 18.0. The Kier molecular flexibility index (Phi) is 7.87. The van der Waals surface area contributed by atoms with Crippen molar-refractivity contribution < 1.29 is 4.79 Å². The number of nitrogens with zero attached hydrogens (tertiary/aromatic N) is 2. The van der Waals surface area contributed by atoms with Gasteiger partial charge in [-0.05, 0) is 49.7 Å². The zero-order chi connectivity index (χ0) is 21.2. The average Bonchev–Trinajstić information content (AvgIpc) is 3.31. The van der Waals surface area contributed by atoms with Crippen LogP contribution in [-0.2, 0) is 4.79 Å². The van der Waals surface area contributed by atoms with Crippen molar-refractivity contribution >= 4 is 17.6 Å². The fourth-order valence-corrected chi connectivity index (χ4v) is 3.66. The summed E-state index contributed by atoms with van der Waals surface area (Å²) in [5.74, 6) is 3.00. The van der Waals surface area contributed by atoms with Gasteiger partial charge in [-0.1, -0.05) is 42.3 Å². The lowest BCUT2D eigenvalue weighted by atomic mass is 10.1. The number of carbonyl (C=O) groups is 1. The maximum Gasteiger partial charge on any atom is 0.243 e. The van der Waals surface area contributed by atoms with E-state index in [4.69, 9.17) is 6.42 Å². The van der Waals surface area contributed by atoms with E-state index < -0.39 is 0 Å². The molecule has 30 heavy (non-hydrogen) atoms. The topological polar surface area (TPSA) is 68.8 Å². The first-order valence-corrected chi connectivity index (χ1v) is 10.3. The van der Waals surface area contributed by atoms with Crippen molar-refractivity contribution in [3.8, 4) is 12.3 Å². The van der Waals surface area contributed by atoms with E-state index in [2.05, 4.69) is 56.0 Å². The Balaban J connectivity index is 1.53. The monoisotopic (exact) mass is 403 g/mol. The largest absolute Gasteiger partial charge is 0.354 e. The summed E-state index contributed by atoms with van der Waals surface area (Å²) in [6.07, 6.45) is 7.88. The molecule has 1 fully saturated rings. The lowest BCUT2D eigenvalue weighted by Crippen LogP contribution is -2.44. The van der Waals surface area contributed by atoms with Crippen LogP contribution >= 0.6 is 0 Å². The molecular weight excluding hydrogens is 374 g/mol. The van der Waals surface area contributed by atoms with Gasteiger partial charge in [0.15, 0.2) is 5.96 Å². The number of amides is 1. The number of benzene rings is 2. The highest BCUT2D eigenvalue weighted by molar-refractivity contribution is 5.95. The first-order chi connectivity index (χ1) is 14.7.